The normalized spacial score (nSPS) is 27.9. The van der Waals surface area contributed by atoms with Gasteiger partial charge in [0.05, 0.1) is 6.26 Å². The van der Waals surface area contributed by atoms with Crippen LogP contribution in [0.25, 0.3) is 0 Å². The summed E-state index contributed by atoms with van der Waals surface area (Å²) in [5, 5.41) is 3.58. The average molecular weight is 224 g/mol. The first-order valence-electron chi connectivity index (χ1n) is 6.61. The van der Waals surface area contributed by atoms with Gasteiger partial charge in [-0.2, -0.15) is 0 Å². The largest absolute Gasteiger partial charge is 0.497 e. The number of hydrogen-bond donors (Lipinski definition) is 1. The Morgan fingerprint density at radius 2 is 2.25 bits per heavy atom. The Morgan fingerprint density at radius 3 is 2.94 bits per heavy atom. The minimum atomic E-state index is 0.381. The topological polar surface area (TPSA) is 24.5 Å². The molecule has 1 fully saturated rings. The lowest BCUT2D eigenvalue weighted by Crippen LogP contribution is -2.41. The van der Waals surface area contributed by atoms with Gasteiger partial charge in [-0.05, 0) is 51.8 Å². The van der Waals surface area contributed by atoms with Crippen molar-refractivity contribution in [3.8, 4) is 0 Å². The molecule has 0 aliphatic carbocycles. The van der Waals surface area contributed by atoms with Crippen molar-refractivity contribution in [2.45, 2.75) is 44.8 Å². The maximum atomic E-state index is 5.54. The summed E-state index contributed by atoms with van der Waals surface area (Å²) in [7, 11) is 0. The summed E-state index contributed by atoms with van der Waals surface area (Å²) < 4.78 is 5.54. The number of rotatable bonds is 5. The van der Waals surface area contributed by atoms with E-state index < -0.39 is 0 Å². The molecule has 92 valence electrons. The SMILES string of the molecule is CC(CN1CCCC1)NCC1CCC=CO1. The molecule has 2 heterocycles. The number of likely N-dealkylation sites (tertiary alicyclic amines) is 1. The smallest absolute Gasteiger partial charge is 0.110 e. The highest BCUT2D eigenvalue weighted by Gasteiger charge is 2.16. The Morgan fingerprint density at radius 1 is 1.44 bits per heavy atom. The molecular weight excluding hydrogens is 200 g/mol. The van der Waals surface area contributed by atoms with Crippen molar-refractivity contribution >= 4 is 0 Å². The summed E-state index contributed by atoms with van der Waals surface area (Å²) in [6.07, 6.45) is 9.40. The Labute approximate surface area is 98.8 Å². The van der Waals surface area contributed by atoms with Gasteiger partial charge in [0.25, 0.3) is 0 Å². The van der Waals surface area contributed by atoms with Crippen LogP contribution in [0.15, 0.2) is 12.3 Å². The molecule has 0 aromatic heterocycles. The molecule has 0 aromatic carbocycles. The van der Waals surface area contributed by atoms with E-state index in [1.165, 1.54) is 32.5 Å². The van der Waals surface area contributed by atoms with Crippen LogP contribution in [0.1, 0.15) is 32.6 Å². The Balaban J connectivity index is 1.59. The van der Waals surface area contributed by atoms with Crippen molar-refractivity contribution in [3.63, 3.8) is 0 Å². The van der Waals surface area contributed by atoms with Crippen LogP contribution in [0.3, 0.4) is 0 Å². The summed E-state index contributed by atoms with van der Waals surface area (Å²) >= 11 is 0. The summed E-state index contributed by atoms with van der Waals surface area (Å²) in [5.74, 6) is 0. The van der Waals surface area contributed by atoms with Crippen LogP contribution >= 0.6 is 0 Å². The second-order valence-corrected chi connectivity index (χ2v) is 5.02. The first kappa shape index (κ1) is 11.9. The van der Waals surface area contributed by atoms with Crippen LogP contribution in [-0.4, -0.2) is 43.2 Å². The first-order chi connectivity index (χ1) is 7.84. The molecule has 0 spiro atoms. The van der Waals surface area contributed by atoms with Gasteiger partial charge in [0.2, 0.25) is 0 Å². The van der Waals surface area contributed by atoms with E-state index >= 15 is 0 Å². The molecule has 3 nitrogen and oxygen atoms in total. The van der Waals surface area contributed by atoms with E-state index in [-0.39, 0.29) is 0 Å². The Hall–Kier alpha value is -0.540. The second-order valence-electron chi connectivity index (χ2n) is 5.02. The van der Waals surface area contributed by atoms with E-state index in [1.807, 2.05) is 6.26 Å². The number of allylic oxidation sites excluding steroid dienone is 1. The van der Waals surface area contributed by atoms with Crippen LogP contribution in [0, 0.1) is 0 Å². The lowest BCUT2D eigenvalue weighted by atomic mass is 10.1. The van der Waals surface area contributed by atoms with Gasteiger partial charge in [-0.1, -0.05) is 0 Å². The second kappa shape index (κ2) is 6.26. The van der Waals surface area contributed by atoms with Crippen molar-refractivity contribution in [1.29, 1.82) is 0 Å². The van der Waals surface area contributed by atoms with E-state index in [4.69, 9.17) is 4.74 Å². The molecule has 2 aliphatic heterocycles. The third kappa shape index (κ3) is 3.80. The zero-order valence-electron chi connectivity index (χ0n) is 10.3. The Bertz CT molecular complexity index is 224. The fourth-order valence-corrected chi connectivity index (χ4v) is 2.48. The molecule has 2 unspecified atom stereocenters. The molecule has 2 aliphatic rings. The quantitative estimate of drug-likeness (QED) is 0.770. The first-order valence-corrected chi connectivity index (χ1v) is 6.61. The lowest BCUT2D eigenvalue weighted by Gasteiger charge is -2.25. The zero-order chi connectivity index (χ0) is 11.2. The van der Waals surface area contributed by atoms with Gasteiger partial charge < -0.3 is 15.0 Å². The molecule has 0 bridgehead atoms. The number of nitrogens with zero attached hydrogens (tertiary/aromatic N) is 1. The summed E-state index contributed by atoms with van der Waals surface area (Å²) in [5.41, 5.74) is 0. The molecule has 0 aromatic rings. The van der Waals surface area contributed by atoms with E-state index in [1.54, 1.807) is 0 Å². The van der Waals surface area contributed by atoms with Crippen molar-refractivity contribution < 1.29 is 4.74 Å². The molecule has 0 radical (unpaired) electrons. The number of ether oxygens (including phenoxy) is 1. The van der Waals surface area contributed by atoms with Gasteiger partial charge in [-0.3, -0.25) is 0 Å². The fourth-order valence-electron chi connectivity index (χ4n) is 2.48. The van der Waals surface area contributed by atoms with Crippen LogP contribution in [0.2, 0.25) is 0 Å². The van der Waals surface area contributed by atoms with E-state index in [9.17, 15) is 0 Å². The zero-order valence-corrected chi connectivity index (χ0v) is 10.3. The molecule has 2 atom stereocenters. The molecule has 16 heavy (non-hydrogen) atoms. The standard InChI is InChI=1S/C13H24N2O/c1-12(11-15-7-3-4-8-15)14-10-13-6-2-5-9-16-13/h5,9,12-14H,2-4,6-8,10-11H2,1H3. The van der Waals surface area contributed by atoms with Gasteiger partial charge in [0.1, 0.15) is 6.10 Å². The summed E-state index contributed by atoms with van der Waals surface area (Å²) in [6.45, 7) is 7.02. The van der Waals surface area contributed by atoms with Crippen LogP contribution in [-0.2, 0) is 4.74 Å². The van der Waals surface area contributed by atoms with E-state index in [2.05, 4.69) is 23.2 Å². The number of hydrogen-bond acceptors (Lipinski definition) is 3. The third-order valence-corrected chi connectivity index (χ3v) is 3.45. The van der Waals surface area contributed by atoms with E-state index in [0.717, 1.165) is 19.4 Å². The Kier molecular flexibility index (Phi) is 4.67. The molecule has 0 saturated carbocycles. The lowest BCUT2D eigenvalue weighted by molar-refractivity contribution is 0.118. The molecule has 3 heteroatoms. The van der Waals surface area contributed by atoms with Crippen molar-refractivity contribution in [2.24, 2.45) is 0 Å². The van der Waals surface area contributed by atoms with Crippen LogP contribution in [0.4, 0.5) is 0 Å². The van der Waals surface area contributed by atoms with Crippen molar-refractivity contribution in [2.75, 3.05) is 26.2 Å². The maximum Gasteiger partial charge on any atom is 0.110 e. The van der Waals surface area contributed by atoms with Gasteiger partial charge >= 0.3 is 0 Å². The molecule has 2 rings (SSSR count). The average Bonchev–Trinajstić information content (AvgIpc) is 2.81. The van der Waals surface area contributed by atoms with E-state index in [0.29, 0.717) is 12.1 Å². The molecule has 1 N–H and O–H groups in total. The van der Waals surface area contributed by atoms with Gasteiger partial charge in [0.15, 0.2) is 0 Å². The maximum absolute atomic E-state index is 5.54. The monoisotopic (exact) mass is 224 g/mol. The van der Waals surface area contributed by atoms with Crippen molar-refractivity contribution in [3.05, 3.63) is 12.3 Å². The molecule has 1 saturated heterocycles. The predicted molar refractivity (Wildman–Crippen MR) is 66.4 cm³/mol. The minimum absolute atomic E-state index is 0.381. The van der Waals surface area contributed by atoms with Crippen LogP contribution < -0.4 is 5.32 Å². The van der Waals surface area contributed by atoms with Gasteiger partial charge in [-0.25, -0.2) is 0 Å². The van der Waals surface area contributed by atoms with Crippen molar-refractivity contribution in [1.82, 2.24) is 10.2 Å². The molecular formula is C13H24N2O. The summed E-state index contributed by atoms with van der Waals surface area (Å²) in [4.78, 5) is 2.55. The highest BCUT2D eigenvalue weighted by atomic mass is 16.5. The minimum Gasteiger partial charge on any atom is -0.497 e. The highest BCUT2D eigenvalue weighted by molar-refractivity contribution is 4.83. The van der Waals surface area contributed by atoms with Gasteiger partial charge in [-0.15, -0.1) is 0 Å². The number of nitrogens with one attached hydrogen (secondary N) is 1. The van der Waals surface area contributed by atoms with Crippen LogP contribution in [0.5, 0.6) is 0 Å². The summed E-state index contributed by atoms with van der Waals surface area (Å²) in [6, 6.07) is 0.576. The van der Waals surface area contributed by atoms with Gasteiger partial charge in [0, 0.05) is 19.1 Å². The third-order valence-electron chi connectivity index (χ3n) is 3.45. The molecule has 0 amide bonds. The highest BCUT2D eigenvalue weighted by Crippen LogP contribution is 2.10. The fraction of sp³-hybridized carbons (Fsp3) is 0.846. The predicted octanol–water partition coefficient (Wildman–Crippen LogP) is 1.75.